The van der Waals surface area contributed by atoms with Gasteiger partial charge >= 0.3 is 0 Å². The number of fused-ring (bicyclic) bond motifs is 1. The van der Waals surface area contributed by atoms with Gasteiger partial charge in [0.15, 0.2) is 0 Å². The summed E-state index contributed by atoms with van der Waals surface area (Å²) in [7, 11) is -3.18. The Balaban J connectivity index is 1.64. The quantitative estimate of drug-likeness (QED) is 0.891. The van der Waals surface area contributed by atoms with Gasteiger partial charge in [0.25, 0.3) is 0 Å². The van der Waals surface area contributed by atoms with Crippen LogP contribution in [0.1, 0.15) is 21.3 Å². The fourth-order valence-electron chi connectivity index (χ4n) is 2.58. The average molecular weight is 340 g/mol. The van der Waals surface area contributed by atoms with Crippen molar-refractivity contribution in [2.75, 3.05) is 12.8 Å². The van der Waals surface area contributed by atoms with Crippen molar-refractivity contribution in [2.45, 2.75) is 33.1 Å². The lowest BCUT2D eigenvalue weighted by Crippen LogP contribution is -2.32. The lowest BCUT2D eigenvalue weighted by Gasteiger charge is -2.26. The lowest BCUT2D eigenvalue weighted by atomic mass is 10.3. The number of imidazole rings is 1. The minimum absolute atomic E-state index is 0.253. The smallest absolute Gasteiger partial charge is 0.209 e. The summed E-state index contributed by atoms with van der Waals surface area (Å²) in [5.74, 6) is 1.00. The molecule has 22 heavy (non-hydrogen) atoms. The van der Waals surface area contributed by atoms with Crippen LogP contribution in [-0.2, 0) is 36.2 Å². The van der Waals surface area contributed by atoms with E-state index < -0.39 is 10.0 Å². The normalized spacial score (nSPS) is 15.9. The summed E-state index contributed by atoms with van der Waals surface area (Å²) in [4.78, 5) is 9.63. The Morgan fingerprint density at radius 1 is 1.36 bits per heavy atom. The van der Waals surface area contributed by atoms with Crippen LogP contribution in [0.5, 0.6) is 0 Å². The van der Waals surface area contributed by atoms with Gasteiger partial charge in [-0.2, -0.15) is 0 Å². The Morgan fingerprint density at radius 3 is 2.86 bits per heavy atom. The number of nitrogens with zero attached hydrogens (tertiary/aromatic N) is 3. The highest BCUT2D eigenvalue weighted by Gasteiger charge is 2.19. The first-order chi connectivity index (χ1) is 10.4. The third-order valence-corrected chi connectivity index (χ3v) is 5.28. The van der Waals surface area contributed by atoms with Gasteiger partial charge in [0.05, 0.1) is 25.0 Å². The number of hydrogen-bond acceptors (Lipinski definition) is 5. The molecule has 8 heteroatoms. The zero-order valence-electron chi connectivity index (χ0n) is 12.7. The van der Waals surface area contributed by atoms with Crippen molar-refractivity contribution in [3.63, 3.8) is 0 Å². The van der Waals surface area contributed by atoms with Gasteiger partial charge in [-0.25, -0.2) is 18.1 Å². The Labute approximate surface area is 134 Å². The van der Waals surface area contributed by atoms with Crippen LogP contribution in [0.3, 0.4) is 0 Å². The molecular formula is C14H20N4O2S2. The highest BCUT2D eigenvalue weighted by atomic mass is 32.2. The monoisotopic (exact) mass is 340 g/mol. The molecule has 1 aliphatic heterocycles. The van der Waals surface area contributed by atoms with Gasteiger partial charge in [0, 0.05) is 35.6 Å². The van der Waals surface area contributed by atoms with Crippen molar-refractivity contribution in [3.8, 4) is 0 Å². The molecule has 0 saturated carbocycles. The maximum absolute atomic E-state index is 11.2. The fourth-order valence-corrected chi connectivity index (χ4v) is 3.92. The van der Waals surface area contributed by atoms with Crippen LogP contribution in [0.4, 0.5) is 0 Å². The molecule has 0 amide bonds. The molecule has 3 heterocycles. The zero-order chi connectivity index (χ0) is 15.7. The zero-order valence-corrected chi connectivity index (χ0v) is 14.4. The van der Waals surface area contributed by atoms with E-state index in [1.54, 1.807) is 0 Å². The SMILES string of the molecule is Cc1ccc(CN2CCn3cc(CNS(C)(=O)=O)nc3C2)s1. The van der Waals surface area contributed by atoms with Crippen molar-refractivity contribution in [3.05, 3.63) is 39.6 Å². The highest BCUT2D eigenvalue weighted by Crippen LogP contribution is 2.20. The van der Waals surface area contributed by atoms with E-state index in [-0.39, 0.29) is 6.54 Å². The van der Waals surface area contributed by atoms with Crippen LogP contribution in [0, 0.1) is 6.92 Å². The van der Waals surface area contributed by atoms with Gasteiger partial charge in [-0.15, -0.1) is 11.3 Å². The fraction of sp³-hybridized carbons (Fsp3) is 0.500. The Hall–Kier alpha value is -1.22. The predicted molar refractivity (Wildman–Crippen MR) is 87.1 cm³/mol. The Bertz CT molecular complexity index is 764. The van der Waals surface area contributed by atoms with Crippen molar-refractivity contribution < 1.29 is 8.42 Å². The molecule has 1 aliphatic rings. The van der Waals surface area contributed by atoms with E-state index in [0.29, 0.717) is 0 Å². The summed E-state index contributed by atoms with van der Waals surface area (Å²) >= 11 is 1.83. The number of rotatable bonds is 5. The summed E-state index contributed by atoms with van der Waals surface area (Å²) in [5, 5.41) is 0. The third kappa shape index (κ3) is 3.95. The molecule has 0 aliphatic carbocycles. The molecule has 120 valence electrons. The molecule has 0 fully saturated rings. The summed E-state index contributed by atoms with van der Waals surface area (Å²) in [6.07, 6.45) is 3.11. The van der Waals surface area contributed by atoms with Gasteiger partial charge < -0.3 is 4.57 Å². The van der Waals surface area contributed by atoms with Crippen LogP contribution in [0.2, 0.25) is 0 Å². The topological polar surface area (TPSA) is 67.2 Å². The first kappa shape index (κ1) is 15.7. The molecule has 0 bridgehead atoms. The number of aryl methyl sites for hydroxylation is 1. The minimum Gasteiger partial charge on any atom is -0.332 e. The van der Waals surface area contributed by atoms with Crippen molar-refractivity contribution in [2.24, 2.45) is 0 Å². The molecule has 3 rings (SSSR count). The minimum atomic E-state index is -3.18. The van der Waals surface area contributed by atoms with Gasteiger partial charge in [-0.3, -0.25) is 4.90 Å². The number of sulfonamides is 1. The second kappa shape index (κ2) is 6.11. The standard InChI is InChI=1S/C14H20N4O2S2/c1-11-3-4-13(21-11)9-17-5-6-18-8-12(16-14(18)10-17)7-15-22(2,19)20/h3-4,8,15H,5-7,9-10H2,1-2H3. The third-order valence-electron chi connectivity index (χ3n) is 3.62. The van der Waals surface area contributed by atoms with Crippen LogP contribution in [-0.4, -0.2) is 35.7 Å². The van der Waals surface area contributed by atoms with E-state index in [9.17, 15) is 8.42 Å². The maximum Gasteiger partial charge on any atom is 0.209 e. The maximum atomic E-state index is 11.2. The molecular weight excluding hydrogens is 320 g/mol. The van der Waals surface area contributed by atoms with Crippen LogP contribution < -0.4 is 4.72 Å². The van der Waals surface area contributed by atoms with Gasteiger partial charge in [-0.1, -0.05) is 0 Å². The molecule has 0 saturated heterocycles. The summed E-state index contributed by atoms with van der Waals surface area (Å²) in [5.41, 5.74) is 0.772. The van der Waals surface area contributed by atoms with Gasteiger partial charge in [0.2, 0.25) is 10.0 Å². The van der Waals surface area contributed by atoms with Crippen LogP contribution >= 0.6 is 11.3 Å². The van der Waals surface area contributed by atoms with Crippen molar-refractivity contribution in [1.82, 2.24) is 19.2 Å². The van der Waals surface area contributed by atoms with Crippen LogP contribution in [0.15, 0.2) is 18.3 Å². The largest absolute Gasteiger partial charge is 0.332 e. The summed E-state index contributed by atoms with van der Waals surface area (Å²) in [6.45, 7) is 6.00. The molecule has 0 aromatic carbocycles. The summed E-state index contributed by atoms with van der Waals surface area (Å²) in [6, 6.07) is 4.34. The summed E-state index contributed by atoms with van der Waals surface area (Å²) < 4.78 is 26.9. The van der Waals surface area contributed by atoms with E-state index in [4.69, 9.17) is 0 Å². The molecule has 2 aromatic heterocycles. The Kier molecular flexibility index (Phi) is 4.35. The first-order valence-electron chi connectivity index (χ1n) is 7.16. The second-order valence-electron chi connectivity index (χ2n) is 5.66. The highest BCUT2D eigenvalue weighted by molar-refractivity contribution is 7.88. The molecule has 0 radical (unpaired) electrons. The van der Waals surface area contributed by atoms with Crippen LogP contribution in [0.25, 0.3) is 0 Å². The second-order valence-corrected chi connectivity index (χ2v) is 8.86. The predicted octanol–water partition coefficient (Wildman–Crippen LogP) is 1.32. The van der Waals surface area contributed by atoms with E-state index >= 15 is 0 Å². The number of hydrogen-bond donors (Lipinski definition) is 1. The lowest BCUT2D eigenvalue weighted by molar-refractivity contribution is 0.210. The molecule has 1 N–H and O–H groups in total. The van der Waals surface area contributed by atoms with Gasteiger partial charge in [0.1, 0.15) is 5.82 Å². The van der Waals surface area contributed by atoms with E-state index in [2.05, 4.69) is 38.2 Å². The molecule has 0 unspecified atom stereocenters. The molecule has 6 nitrogen and oxygen atoms in total. The van der Waals surface area contributed by atoms with E-state index in [1.165, 1.54) is 9.75 Å². The average Bonchev–Trinajstić information content (AvgIpc) is 3.01. The number of nitrogens with one attached hydrogen (secondary N) is 1. The number of thiophene rings is 1. The van der Waals surface area contributed by atoms with E-state index in [1.807, 2.05) is 17.5 Å². The molecule has 0 spiro atoms. The van der Waals surface area contributed by atoms with Crippen molar-refractivity contribution in [1.29, 1.82) is 0 Å². The number of aromatic nitrogens is 2. The molecule has 0 atom stereocenters. The first-order valence-corrected chi connectivity index (χ1v) is 9.87. The van der Waals surface area contributed by atoms with E-state index in [0.717, 1.165) is 44.0 Å². The Morgan fingerprint density at radius 2 is 2.18 bits per heavy atom. The molecule has 2 aromatic rings. The van der Waals surface area contributed by atoms with Crippen molar-refractivity contribution >= 4 is 21.4 Å². The van der Waals surface area contributed by atoms with Gasteiger partial charge in [-0.05, 0) is 19.1 Å².